The van der Waals surface area contributed by atoms with Crippen molar-refractivity contribution in [2.24, 2.45) is 0 Å². The maximum absolute atomic E-state index is 13.8. The first kappa shape index (κ1) is 13.8. The molecule has 0 bridgehead atoms. The second-order valence-corrected chi connectivity index (χ2v) is 4.68. The highest BCUT2D eigenvalue weighted by Crippen LogP contribution is 2.20. The predicted octanol–water partition coefficient (Wildman–Crippen LogP) is 0.864. The summed E-state index contributed by atoms with van der Waals surface area (Å²) in [5.74, 6) is -1.92. The third kappa shape index (κ3) is 3.02. The summed E-state index contributed by atoms with van der Waals surface area (Å²) in [5.41, 5.74) is 0.272. The normalized spacial score (nSPS) is 20.1. The lowest BCUT2D eigenvalue weighted by atomic mass is 10.1. The van der Waals surface area contributed by atoms with Crippen LogP contribution < -0.4 is 5.32 Å². The molecule has 1 aromatic carbocycles. The van der Waals surface area contributed by atoms with Gasteiger partial charge in [0.2, 0.25) is 5.91 Å². The maximum Gasteiger partial charge on any atom is 0.322 e. The number of halogens is 2. The fourth-order valence-corrected chi connectivity index (χ4v) is 2.18. The van der Waals surface area contributed by atoms with Gasteiger partial charge in [-0.3, -0.25) is 14.5 Å². The molecule has 1 heterocycles. The average Bonchev–Trinajstić information content (AvgIpc) is 2.35. The van der Waals surface area contributed by atoms with E-state index in [1.807, 2.05) is 0 Å². The van der Waals surface area contributed by atoms with Crippen LogP contribution in [0.15, 0.2) is 18.2 Å². The Morgan fingerprint density at radius 2 is 2.32 bits per heavy atom. The summed E-state index contributed by atoms with van der Waals surface area (Å²) in [7, 11) is 0. The predicted molar refractivity (Wildman–Crippen MR) is 66.3 cm³/mol. The minimum Gasteiger partial charge on any atom is -0.480 e. The van der Waals surface area contributed by atoms with Crippen LogP contribution in [0.3, 0.4) is 0 Å². The van der Waals surface area contributed by atoms with Gasteiger partial charge in [0.15, 0.2) is 0 Å². The Morgan fingerprint density at radius 3 is 3.00 bits per heavy atom. The van der Waals surface area contributed by atoms with Gasteiger partial charge in [0.05, 0.1) is 11.6 Å². The van der Waals surface area contributed by atoms with Crippen molar-refractivity contribution in [1.82, 2.24) is 10.2 Å². The zero-order valence-electron chi connectivity index (χ0n) is 9.90. The number of carbonyl (C=O) groups excluding carboxylic acids is 1. The van der Waals surface area contributed by atoms with E-state index in [0.29, 0.717) is 0 Å². The van der Waals surface area contributed by atoms with Crippen LogP contribution >= 0.6 is 11.6 Å². The van der Waals surface area contributed by atoms with Crippen molar-refractivity contribution in [3.8, 4) is 0 Å². The van der Waals surface area contributed by atoms with Crippen LogP contribution in [0, 0.1) is 5.82 Å². The van der Waals surface area contributed by atoms with Gasteiger partial charge < -0.3 is 10.4 Å². The van der Waals surface area contributed by atoms with E-state index in [1.54, 1.807) is 6.07 Å². The van der Waals surface area contributed by atoms with E-state index in [4.69, 9.17) is 16.7 Å². The van der Waals surface area contributed by atoms with Gasteiger partial charge in [-0.1, -0.05) is 23.7 Å². The number of carboxylic acids is 1. The molecule has 1 aliphatic rings. The highest BCUT2D eigenvalue weighted by Gasteiger charge is 2.32. The molecule has 0 aromatic heterocycles. The van der Waals surface area contributed by atoms with Gasteiger partial charge in [-0.05, 0) is 6.07 Å². The molecule has 2 rings (SSSR count). The van der Waals surface area contributed by atoms with Crippen LogP contribution in [0.5, 0.6) is 0 Å². The second-order valence-electron chi connectivity index (χ2n) is 4.28. The molecule has 1 aliphatic heterocycles. The molecular formula is C12H12ClFN2O3. The standard InChI is InChI=1S/C12H12ClFN2O3/c13-8-3-1-2-7(11(8)14)5-16-6-10(17)15-4-9(16)12(18)19/h1-3,9H,4-6H2,(H,15,17)(H,18,19). The van der Waals surface area contributed by atoms with E-state index in [0.717, 1.165) is 0 Å². The summed E-state index contributed by atoms with van der Waals surface area (Å²) in [6.45, 7) is -0.0456. The molecular weight excluding hydrogens is 275 g/mol. The molecule has 2 N–H and O–H groups in total. The van der Waals surface area contributed by atoms with Crippen molar-refractivity contribution in [2.75, 3.05) is 13.1 Å². The average molecular weight is 287 g/mol. The summed E-state index contributed by atoms with van der Waals surface area (Å²) in [6.07, 6.45) is 0. The third-order valence-corrected chi connectivity index (χ3v) is 3.26. The fraction of sp³-hybridized carbons (Fsp3) is 0.333. The smallest absolute Gasteiger partial charge is 0.322 e. The Balaban J connectivity index is 2.21. The lowest BCUT2D eigenvalue weighted by Gasteiger charge is -2.32. The Morgan fingerprint density at radius 1 is 1.58 bits per heavy atom. The Labute approximate surface area is 114 Å². The number of rotatable bonds is 3. The first-order valence-electron chi connectivity index (χ1n) is 5.65. The first-order chi connectivity index (χ1) is 8.99. The van der Waals surface area contributed by atoms with Gasteiger partial charge in [0, 0.05) is 18.7 Å². The van der Waals surface area contributed by atoms with Crippen molar-refractivity contribution in [3.63, 3.8) is 0 Å². The van der Waals surface area contributed by atoms with Crippen molar-refractivity contribution in [2.45, 2.75) is 12.6 Å². The topological polar surface area (TPSA) is 69.6 Å². The second kappa shape index (κ2) is 5.54. The van der Waals surface area contributed by atoms with Crippen LogP contribution in [-0.4, -0.2) is 41.0 Å². The number of hydrogen-bond donors (Lipinski definition) is 2. The maximum atomic E-state index is 13.8. The molecule has 1 saturated heterocycles. The van der Waals surface area contributed by atoms with Crippen molar-refractivity contribution >= 4 is 23.5 Å². The lowest BCUT2D eigenvalue weighted by Crippen LogP contribution is -2.57. The molecule has 1 fully saturated rings. The number of nitrogens with one attached hydrogen (secondary N) is 1. The molecule has 7 heteroatoms. The number of hydrogen-bond acceptors (Lipinski definition) is 3. The summed E-state index contributed by atoms with van der Waals surface area (Å²) in [5, 5.41) is 11.5. The molecule has 0 spiro atoms. The van der Waals surface area contributed by atoms with Gasteiger partial charge in [-0.25, -0.2) is 4.39 Å². The number of nitrogens with zero attached hydrogens (tertiary/aromatic N) is 1. The van der Waals surface area contributed by atoms with Crippen molar-refractivity contribution in [1.29, 1.82) is 0 Å². The van der Waals surface area contributed by atoms with Crippen LogP contribution in [0.25, 0.3) is 0 Å². The number of benzene rings is 1. The van der Waals surface area contributed by atoms with Crippen molar-refractivity contribution in [3.05, 3.63) is 34.6 Å². The van der Waals surface area contributed by atoms with Gasteiger partial charge in [-0.15, -0.1) is 0 Å². The van der Waals surface area contributed by atoms with Crippen LogP contribution in [0.4, 0.5) is 4.39 Å². The van der Waals surface area contributed by atoms with E-state index in [-0.39, 0.29) is 36.1 Å². The van der Waals surface area contributed by atoms with Gasteiger partial charge in [0.25, 0.3) is 0 Å². The van der Waals surface area contributed by atoms with E-state index in [9.17, 15) is 14.0 Å². The molecule has 5 nitrogen and oxygen atoms in total. The fourth-order valence-electron chi connectivity index (χ4n) is 1.99. The molecule has 0 radical (unpaired) electrons. The minimum atomic E-state index is -1.05. The minimum absolute atomic E-state index is 0.0103. The molecule has 1 unspecified atom stereocenters. The molecule has 102 valence electrons. The summed E-state index contributed by atoms with van der Waals surface area (Å²) < 4.78 is 13.8. The largest absolute Gasteiger partial charge is 0.480 e. The SMILES string of the molecule is O=C1CN(Cc2cccc(Cl)c2F)C(C(=O)O)CN1. The summed E-state index contributed by atoms with van der Waals surface area (Å²) in [6, 6.07) is 3.65. The summed E-state index contributed by atoms with van der Waals surface area (Å²) in [4.78, 5) is 23.8. The quantitative estimate of drug-likeness (QED) is 0.865. The highest BCUT2D eigenvalue weighted by molar-refractivity contribution is 6.30. The van der Waals surface area contributed by atoms with E-state index < -0.39 is 17.8 Å². The Kier molecular flexibility index (Phi) is 4.01. The van der Waals surface area contributed by atoms with Gasteiger partial charge >= 0.3 is 5.97 Å². The highest BCUT2D eigenvalue weighted by atomic mass is 35.5. The number of carboxylic acid groups (broad SMARTS) is 1. The number of piperazine rings is 1. The third-order valence-electron chi connectivity index (χ3n) is 2.97. The molecule has 0 saturated carbocycles. The zero-order chi connectivity index (χ0) is 14.0. The number of amides is 1. The van der Waals surface area contributed by atoms with E-state index in [1.165, 1.54) is 17.0 Å². The molecule has 0 aliphatic carbocycles. The van der Waals surface area contributed by atoms with Crippen LogP contribution in [0.1, 0.15) is 5.56 Å². The molecule has 1 aromatic rings. The molecule has 19 heavy (non-hydrogen) atoms. The van der Waals surface area contributed by atoms with E-state index >= 15 is 0 Å². The van der Waals surface area contributed by atoms with Crippen LogP contribution in [-0.2, 0) is 16.1 Å². The number of aliphatic carboxylic acids is 1. The molecule has 1 atom stereocenters. The first-order valence-corrected chi connectivity index (χ1v) is 6.03. The monoisotopic (exact) mass is 286 g/mol. The molecule has 1 amide bonds. The van der Waals surface area contributed by atoms with Gasteiger partial charge in [0.1, 0.15) is 11.9 Å². The van der Waals surface area contributed by atoms with Crippen LogP contribution in [0.2, 0.25) is 5.02 Å². The number of carbonyl (C=O) groups is 2. The Bertz CT molecular complexity index is 524. The zero-order valence-corrected chi connectivity index (χ0v) is 10.7. The van der Waals surface area contributed by atoms with Crippen molar-refractivity contribution < 1.29 is 19.1 Å². The summed E-state index contributed by atoms with van der Waals surface area (Å²) >= 11 is 5.67. The van der Waals surface area contributed by atoms with E-state index in [2.05, 4.69) is 5.32 Å². The van der Waals surface area contributed by atoms with Gasteiger partial charge in [-0.2, -0.15) is 0 Å². The Hall–Kier alpha value is -1.66. The lowest BCUT2D eigenvalue weighted by molar-refractivity contribution is -0.146.